The molecule has 10 atom stereocenters. The van der Waals surface area contributed by atoms with Crippen LogP contribution in [-0.4, -0.2) is 314 Å². The van der Waals surface area contributed by atoms with Crippen LogP contribution in [-0.2, 0) is 79.1 Å². The molecule has 2 aliphatic heterocycles. The minimum absolute atomic E-state index is 0.00909. The SMILES string of the molecule is C[C@@H](O)[C@@H]1NC(=O)C(CCCCN)NC(=O)[C@@H](Cc2cc3ccccc3[nH]2)NC(=O)[C@H](Cc2ccc(O)cc2)NC(=O)C(NC(=O)[C@@H](Cc2ccccc2)NC(=O)CN2CCN(CC(=O)O)CCN(C(=O)CCNC(=O)c3ncn4c(=O)n(C)nnc34)CCN(CC(=O)O)CC2)CSSC[C@@H](C(=O)N[C@H](CO)[C@@H](C)O)NC1=O. The maximum Gasteiger partial charge on any atom is 0.352 e. The monoisotopic (exact) mass is 1610 g/mol. The van der Waals surface area contributed by atoms with Gasteiger partial charge in [0.25, 0.3) is 5.91 Å². The van der Waals surface area contributed by atoms with E-state index in [1.807, 2.05) is 6.07 Å². The average Bonchev–Trinajstić information content (AvgIpc) is 1.63. The maximum absolute atomic E-state index is 15.4. The number of benzene rings is 3. The zero-order valence-electron chi connectivity index (χ0n) is 62.6. The van der Waals surface area contributed by atoms with Crippen LogP contribution in [0.3, 0.4) is 0 Å². The van der Waals surface area contributed by atoms with Crippen LogP contribution in [0.25, 0.3) is 16.6 Å². The molecule has 2 fully saturated rings. The largest absolute Gasteiger partial charge is 0.508 e. The van der Waals surface area contributed by atoms with Gasteiger partial charge in [0.1, 0.15) is 54.4 Å². The number of carbonyl (C=O) groups is 12. The molecule has 2 unspecified atom stereocenters. The van der Waals surface area contributed by atoms with Crippen LogP contribution < -0.4 is 59.3 Å². The second kappa shape index (κ2) is 43.4. The van der Waals surface area contributed by atoms with Crippen molar-refractivity contribution in [3.8, 4) is 5.75 Å². The fraction of sp³-hybridized carbons (Fsp3) is 0.500. The number of unbranched alkanes of at least 4 members (excludes halogenated alkanes) is 1. The topological polar surface area (TPSA) is 554 Å². The van der Waals surface area contributed by atoms with E-state index in [0.29, 0.717) is 28.8 Å². The van der Waals surface area contributed by atoms with Crippen LogP contribution in [0.5, 0.6) is 5.75 Å². The van der Waals surface area contributed by atoms with E-state index >= 15 is 14.4 Å². The normalized spacial score (nSPS) is 20.6. The first kappa shape index (κ1) is 87.9. The first-order valence-corrected chi connectivity index (χ1v) is 39.2. The lowest BCUT2D eigenvalue weighted by molar-refractivity contribution is -0.139. The lowest BCUT2D eigenvalue weighted by atomic mass is 10.0. The predicted molar refractivity (Wildman–Crippen MR) is 412 cm³/mol. The molecule has 612 valence electrons. The zero-order valence-corrected chi connectivity index (χ0v) is 64.2. The number of carbonyl (C=O) groups excluding carboxylic acids is 10. The third-order valence-electron chi connectivity index (χ3n) is 18.8. The number of nitrogens with two attached hydrogens (primary N) is 1. The van der Waals surface area contributed by atoms with E-state index in [9.17, 15) is 78.6 Å². The molecule has 2 aliphatic rings. The summed E-state index contributed by atoms with van der Waals surface area (Å²) in [6.07, 6.45) is -2.26. The number of hydrogen-bond donors (Lipinski definition) is 17. The van der Waals surface area contributed by atoms with Gasteiger partial charge in [-0.3, -0.25) is 72.2 Å². The van der Waals surface area contributed by atoms with Gasteiger partial charge in [0.15, 0.2) is 11.3 Å². The summed E-state index contributed by atoms with van der Waals surface area (Å²) in [5, 5.41) is 94.5. The Labute approximate surface area is 656 Å². The van der Waals surface area contributed by atoms with Crippen molar-refractivity contribution >= 4 is 109 Å². The van der Waals surface area contributed by atoms with Crippen LogP contribution in [0, 0.1) is 0 Å². The number of aliphatic hydroxyl groups excluding tert-OH is 3. The van der Waals surface area contributed by atoms with Crippen LogP contribution in [0.15, 0.2) is 96.1 Å². The van der Waals surface area contributed by atoms with E-state index in [1.54, 1.807) is 59.5 Å². The highest BCUT2D eigenvalue weighted by Crippen LogP contribution is 2.25. The summed E-state index contributed by atoms with van der Waals surface area (Å²) in [5.41, 5.74) is 6.97. The van der Waals surface area contributed by atoms with Crippen molar-refractivity contribution in [2.45, 2.75) is 119 Å². The van der Waals surface area contributed by atoms with Gasteiger partial charge in [0.05, 0.1) is 44.5 Å². The minimum atomic E-state index is -1.79. The van der Waals surface area contributed by atoms with E-state index < -0.39 is 169 Å². The van der Waals surface area contributed by atoms with Gasteiger partial charge in [-0.05, 0) is 80.4 Å². The number of imidazole rings is 1. The molecule has 39 nitrogen and oxygen atoms in total. The van der Waals surface area contributed by atoms with Crippen molar-refractivity contribution < 1.29 is 88.2 Å². The molecule has 0 aliphatic carbocycles. The first-order chi connectivity index (χ1) is 54.1. The zero-order chi connectivity index (χ0) is 81.8. The molecule has 10 amide bonds. The number of nitrogens with one attached hydrogen (secondary N) is 10. The number of aliphatic hydroxyl groups is 3. The van der Waals surface area contributed by atoms with Crippen molar-refractivity contribution in [1.82, 2.24) is 96.8 Å². The quantitative estimate of drug-likeness (QED) is 0.0161. The van der Waals surface area contributed by atoms with Crippen LogP contribution >= 0.6 is 21.6 Å². The number of rotatable bonds is 28. The Morgan fingerprint density at radius 2 is 1.27 bits per heavy atom. The number of aryl methyl sites for hydroxylation is 1. The van der Waals surface area contributed by atoms with Gasteiger partial charge in [0, 0.05) is 114 Å². The first-order valence-electron chi connectivity index (χ1n) is 36.7. The number of phenolic OH excluding ortho intramolecular Hbond substituents is 1. The second-order valence-corrected chi connectivity index (χ2v) is 30.0. The molecule has 0 radical (unpaired) electrons. The number of aromatic amines is 1. The lowest BCUT2D eigenvalue weighted by Gasteiger charge is -2.33. The van der Waals surface area contributed by atoms with E-state index in [4.69, 9.17) is 5.73 Å². The van der Waals surface area contributed by atoms with Crippen LogP contribution in [0.1, 0.15) is 66.8 Å². The molecule has 3 aromatic heterocycles. The van der Waals surface area contributed by atoms with Crippen LogP contribution in [0.2, 0.25) is 0 Å². The van der Waals surface area contributed by atoms with E-state index in [-0.39, 0.29) is 127 Å². The summed E-state index contributed by atoms with van der Waals surface area (Å²) in [7, 11) is 3.14. The van der Waals surface area contributed by atoms with Crippen molar-refractivity contribution in [2.24, 2.45) is 12.8 Å². The number of aromatic nitrogens is 6. The Hall–Kier alpha value is -10.7. The highest BCUT2D eigenvalue weighted by Gasteiger charge is 2.38. The number of phenols is 1. The molecule has 18 N–H and O–H groups in total. The van der Waals surface area contributed by atoms with Crippen molar-refractivity contribution in [2.75, 3.05) is 103 Å². The summed E-state index contributed by atoms with van der Waals surface area (Å²) in [4.78, 5) is 196. The number of aromatic hydroxyl groups is 1. The molecule has 41 heteroatoms. The highest BCUT2D eigenvalue weighted by molar-refractivity contribution is 8.76. The summed E-state index contributed by atoms with van der Waals surface area (Å²) >= 11 is 0. The molecule has 8 rings (SSSR count). The lowest BCUT2D eigenvalue weighted by Crippen LogP contribution is -2.62. The number of hydrogen-bond acceptors (Lipinski definition) is 26. The fourth-order valence-electron chi connectivity index (χ4n) is 12.4. The Kier molecular flexibility index (Phi) is 33.8. The van der Waals surface area contributed by atoms with Gasteiger partial charge >= 0.3 is 17.6 Å². The van der Waals surface area contributed by atoms with Gasteiger partial charge < -0.3 is 94.1 Å². The number of fused-ring (bicyclic) bond motifs is 2. The summed E-state index contributed by atoms with van der Waals surface area (Å²) in [5.74, 6) is -12.1. The average molecular weight is 1610 g/mol. The number of carboxylic acid groups (broad SMARTS) is 2. The molecule has 113 heavy (non-hydrogen) atoms. The van der Waals surface area contributed by atoms with E-state index in [0.717, 1.165) is 42.4 Å². The third kappa shape index (κ3) is 27.0. The van der Waals surface area contributed by atoms with Crippen molar-refractivity contribution in [3.63, 3.8) is 0 Å². The van der Waals surface area contributed by atoms with Gasteiger partial charge in [0.2, 0.25) is 53.2 Å². The predicted octanol–water partition coefficient (Wildman–Crippen LogP) is -5.07. The maximum atomic E-state index is 15.4. The van der Waals surface area contributed by atoms with Gasteiger partial charge in [-0.15, -0.1) is 5.10 Å². The standard InChI is InChI=1S/C72H98N20O19S2/c1-42(94)54(38-93)81-69(108)56-40-113-112-39-55(68(107)79-52(32-45-16-18-48(96)19-17-45)66(105)80-53(34-47-33-46-13-7-8-14-49(46)76-47)67(106)78-50(15-9-10-21-73)64(103)84-61(43(2)95)71(110)83-56)82-65(104)51(31-44-11-5-4-6-12-44)77-57(97)35-88-23-25-89(36-59(99)100)27-29-91(30-28-90(26-24-88)37-60(101)102)58(98)20-22-74-70(109)62-63-85-86-87(3)72(111)92(63)41-75-62/h4-8,11-14,16-19,33,41-43,50-56,61,76,93-96H,9-10,15,20-32,34-40,73H2,1-3H3,(H,74,109)(H,77,97)(H,78,106)(H,79,107)(H,80,105)(H,81,108)(H,82,104)(H,83,110)(H,84,103)(H,99,100)(H,101,102)/t42-,43-,50?,51-,52+,53-,54-,55?,56+,61+/m1/s1. The number of H-pyrrole nitrogens is 1. The molecule has 3 aromatic carbocycles. The fourth-order valence-corrected chi connectivity index (χ4v) is 14.8. The Morgan fingerprint density at radius 3 is 1.90 bits per heavy atom. The third-order valence-corrected chi connectivity index (χ3v) is 21.2. The van der Waals surface area contributed by atoms with Crippen LogP contribution in [0.4, 0.5) is 0 Å². The number of nitrogens with zero attached hydrogens (tertiary/aromatic N) is 9. The summed E-state index contributed by atoms with van der Waals surface area (Å²) < 4.78 is 1.97. The van der Waals surface area contributed by atoms with Gasteiger partial charge in [-0.2, -0.15) is 4.68 Å². The number of aliphatic carboxylic acids is 2. The molecular formula is C72H98N20O19S2. The molecule has 0 saturated carbocycles. The molecule has 5 heterocycles. The molecular weight excluding hydrogens is 1510 g/mol. The minimum Gasteiger partial charge on any atom is -0.508 e. The number of para-hydroxylation sites is 1. The van der Waals surface area contributed by atoms with Crippen molar-refractivity contribution in [1.29, 1.82) is 0 Å². The number of amides is 10. The van der Waals surface area contributed by atoms with Gasteiger partial charge in [-0.1, -0.05) is 87.5 Å². The Balaban J connectivity index is 1.08. The molecule has 0 spiro atoms. The van der Waals surface area contributed by atoms with E-state index in [2.05, 4.69) is 68.1 Å². The summed E-state index contributed by atoms with van der Waals surface area (Å²) in [6.45, 7) is 0.0977. The second-order valence-electron chi connectivity index (χ2n) is 27.5. The molecule has 0 bridgehead atoms. The molecule has 2 saturated heterocycles. The Bertz CT molecular complexity index is 4280. The number of carboxylic acids is 2. The van der Waals surface area contributed by atoms with E-state index in [1.165, 1.54) is 59.9 Å². The highest BCUT2D eigenvalue weighted by atomic mass is 33.1. The summed E-state index contributed by atoms with van der Waals surface area (Å²) in [6, 6.07) is 10.7. The van der Waals surface area contributed by atoms with Crippen molar-refractivity contribution in [3.05, 3.63) is 124 Å². The van der Waals surface area contributed by atoms with Gasteiger partial charge in [-0.25, -0.2) is 14.2 Å². The Morgan fingerprint density at radius 1 is 0.673 bits per heavy atom. The smallest absolute Gasteiger partial charge is 0.352 e. The molecule has 6 aromatic rings.